The van der Waals surface area contributed by atoms with Crippen molar-refractivity contribution in [3.05, 3.63) is 22.6 Å². The van der Waals surface area contributed by atoms with Crippen LogP contribution in [0.5, 0.6) is 0 Å². The van der Waals surface area contributed by atoms with Gasteiger partial charge < -0.3 is 14.1 Å². The SMILES string of the molecule is CC1COC(CBr)CN1C(=O)c1ccc(Br)o1. The van der Waals surface area contributed by atoms with Gasteiger partial charge >= 0.3 is 0 Å². The van der Waals surface area contributed by atoms with E-state index in [2.05, 4.69) is 31.9 Å². The third kappa shape index (κ3) is 2.92. The molecule has 2 unspecified atom stereocenters. The number of furan rings is 1. The molecule has 1 aliphatic rings. The Labute approximate surface area is 117 Å². The second kappa shape index (κ2) is 5.54. The van der Waals surface area contributed by atoms with E-state index in [1.807, 2.05) is 6.92 Å². The van der Waals surface area contributed by atoms with Crippen molar-refractivity contribution >= 4 is 37.8 Å². The zero-order chi connectivity index (χ0) is 12.4. The molecule has 2 atom stereocenters. The number of amides is 1. The molecule has 0 spiro atoms. The van der Waals surface area contributed by atoms with Crippen molar-refractivity contribution in [3.63, 3.8) is 0 Å². The minimum atomic E-state index is -0.0857. The van der Waals surface area contributed by atoms with Crippen LogP contribution in [-0.4, -0.2) is 41.4 Å². The topological polar surface area (TPSA) is 42.7 Å². The van der Waals surface area contributed by atoms with Gasteiger partial charge in [-0.25, -0.2) is 0 Å². The molecule has 1 saturated heterocycles. The second-order valence-electron chi connectivity index (χ2n) is 4.02. The highest BCUT2D eigenvalue weighted by Crippen LogP contribution is 2.20. The van der Waals surface area contributed by atoms with E-state index in [9.17, 15) is 4.79 Å². The van der Waals surface area contributed by atoms with Gasteiger partial charge in [-0.05, 0) is 35.0 Å². The van der Waals surface area contributed by atoms with E-state index >= 15 is 0 Å². The standard InChI is InChI=1S/C11H13Br2NO3/c1-7-6-16-8(4-12)5-14(7)11(15)9-2-3-10(13)17-9/h2-3,7-8H,4-6H2,1H3. The highest BCUT2D eigenvalue weighted by atomic mass is 79.9. The number of hydrogen-bond donors (Lipinski definition) is 0. The van der Waals surface area contributed by atoms with E-state index in [4.69, 9.17) is 9.15 Å². The summed E-state index contributed by atoms with van der Waals surface area (Å²) in [5, 5.41) is 0.728. The summed E-state index contributed by atoms with van der Waals surface area (Å²) in [5.74, 6) is 0.274. The monoisotopic (exact) mass is 365 g/mol. The first-order valence-corrected chi connectivity index (χ1v) is 7.27. The van der Waals surface area contributed by atoms with Gasteiger partial charge in [-0.1, -0.05) is 15.9 Å². The summed E-state index contributed by atoms with van der Waals surface area (Å²) >= 11 is 6.57. The average Bonchev–Trinajstić information content (AvgIpc) is 2.76. The van der Waals surface area contributed by atoms with E-state index in [1.165, 1.54) is 0 Å². The minimum absolute atomic E-state index is 0.0496. The van der Waals surface area contributed by atoms with Gasteiger partial charge in [-0.2, -0.15) is 0 Å². The van der Waals surface area contributed by atoms with Gasteiger partial charge in [0.25, 0.3) is 5.91 Å². The van der Waals surface area contributed by atoms with E-state index < -0.39 is 0 Å². The van der Waals surface area contributed by atoms with Crippen molar-refractivity contribution in [2.45, 2.75) is 19.1 Å². The predicted octanol–water partition coefficient (Wildman–Crippen LogP) is 2.67. The molecular weight excluding hydrogens is 354 g/mol. The minimum Gasteiger partial charge on any atom is -0.444 e. The number of morpholine rings is 1. The quantitative estimate of drug-likeness (QED) is 0.755. The number of alkyl halides is 1. The second-order valence-corrected chi connectivity index (χ2v) is 5.45. The summed E-state index contributed by atoms with van der Waals surface area (Å²) in [6, 6.07) is 3.47. The molecule has 1 aromatic rings. The number of ether oxygens (including phenoxy) is 1. The summed E-state index contributed by atoms with van der Waals surface area (Å²) in [4.78, 5) is 14.0. The van der Waals surface area contributed by atoms with E-state index in [0.29, 0.717) is 23.6 Å². The first-order chi connectivity index (χ1) is 8.11. The summed E-state index contributed by atoms with van der Waals surface area (Å²) in [6.45, 7) is 3.12. The van der Waals surface area contributed by atoms with E-state index in [1.54, 1.807) is 17.0 Å². The van der Waals surface area contributed by atoms with Crippen molar-refractivity contribution < 1.29 is 13.9 Å². The van der Waals surface area contributed by atoms with Crippen molar-refractivity contribution in [3.8, 4) is 0 Å². The average molecular weight is 367 g/mol. The fourth-order valence-corrected chi connectivity index (χ4v) is 2.46. The molecule has 0 N–H and O–H groups in total. The maximum absolute atomic E-state index is 12.2. The Balaban J connectivity index is 2.12. The molecule has 0 aromatic carbocycles. The summed E-state index contributed by atoms with van der Waals surface area (Å²) < 4.78 is 11.4. The molecule has 1 amide bonds. The lowest BCUT2D eigenvalue weighted by molar-refractivity contribution is -0.0371. The maximum atomic E-state index is 12.2. The largest absolute Gasteiger partial charge is 0.444 e. The van der Waals surface area contributed by atoms with Gasteiger partial charge in [0.05, 0.1) is 18.8 Å². The normalized spacial score (nSPS) is 25.0. The molecule has 0 radical (unpaired) electrons. The van der Waals surface area contributed by atoms with Gasteiger partial charge in [0.2, 0.25) is 0 Å². The lowest BCUT2D eigenvalue weighted by atomic mass is 10.2. The van der Waals surface area contributed by atoms with Crippen molar-refractivity contribution in [2.24, 2.45) is 0 Å². The number of hydrogen-bond acceptors (Lipinski definition) is 3. The zero-order valence-electron chi connectivity index (χ0n) is 9.36. The summed E-state index contributed by atoms with van der Waals surface area (Å²) in [7, 11) is 0. The first-order valence-electron chi connectivity index (χ1n) is 5.35. The molecule has 1 aromatic heterocycles. The lowest BCUT2D eigenvalue weighted by Gasteiger charge is -2.36. The summed E-state index contributed by atoms with van der Waals surface area (Å²) in [6.07, 6.45) is 0.0496. The van der Waals surface area contributed by atoms with Gasteiger partial charge in [0.15, 0.2) is 10.4 Å². The molecule has 0 saturated carbocycles. The van der Waals surface area contributed by atoms with Crippen LogP contribution in [0.3, 0.4) is 0 Å². The maximum Gasteiger partial charge on any atom is 0.290 e. The predicted molar refractivity (Wildman–Crippen MR) is 70.4 cm³/mol. The van der Waals surface area contributed by atoms with Crippen LogP contribution in [0.15, 0.2) is 21.2 Å². The summed E-state index contributed by atoms with van der Waals surface area (Å²) in [5.41, 5.74) is 0. The fraction of sp³-hybridized carbons (Fsp3) is 0.545. The number of carbonyl (C=O) groups is 1. The first kappa shape index (κ1) is 13.1. The highest BCUT2D eigenvalue weighted by Gasteiger charge is 2.31. The molecule has 4 nitrogen and oxygen atoms in total. The molecule has 0 bridgehead atoms. The van der Waals surface area contributed by atoms with Crippen molar-refractivity contribution in [1.82, 2.24) is 4.90 Å². The van der Waals surface area contributed by atoms with Gasteiger partial charge in [-0.15, -0.1) is 0 Å². The fourth-order valence-electron chi connectivity index (χ4n) is 1.76. The van der Waals surface area contributed by atoms with Gasteiger partial charge in [-0.3, -0.25) is 4.79 Å². The Morgan fingerprint density at radius 2 is 2.35 bits per heavy atom. The molecule has 1 aliphatic heterocycles. The Hall–Kier alpha value is -0.330. The van der Waals surface area contributed by atoms with Crippen LogP contribution in [-0.2, 0) is 4.74 Å². The van der Waals surface area contributed by atoms with Crippen molar-refractivity contribution in [1.29, 1.82) is 0 Å². The zero-order valence-corrected chi connectivity index (χ0v) is 12.5. The number of nitrogens with zero attached hydrogens (tertiary/aromatic N) is 1. The molecule has 2 rings (SSSR count). The molecule has 17 heavy (non-hydrogen) atoms. The smallest absolute Gasteiger partial charge is 0.290 e. The Bertz CT molecular complexity index is 407. The van der Waals surface area contributed by atoms with Crippen LogP contribution in [0.2, 0.25) is 0 Å². The third-order valence-corrected chi connectivity index (χ3v) is 3.87. The molecular formula is C11H13Br2NO3. The number of rotatable bonds is 2. The third-order valence-electron chi connectivity index (χ3n) is 2.72. The molecule has 6 heteroatoms. The molecule has 1 fully saturated rings. The Morgan fingerprint density at radius 1 is 1.59 bits per heavy atom. The van der Waals surface area contributed by atoms with Crippen LogP contribution < -0.4 is 0 Å². The Kier molecular flexibility index (Phi) is 4.27. The van der Waals surface area contributed by atoms with Gasteiger partial charge in [0, 0.05) is 11.9 Å². The van der Waals surface area contributed by atoms with Gasteiger partial charge in [0.1, 0.15) is 0 Å². The van der Waals surface area contributed by atoms with Crippen LogP contribution in [0.25, 0.3) is 0 Å². The number of halogens is 2. The molecule has 2 heterocycles. The van der Waals surface area contributed by atoms with Crippen LogP contribution >= 0.6 is 31.9 Å². The highest BCUT2D eigenvalue weighted by molar-refractivity contribution is 9.10. The molecule has 94 valence electrons. The van der Waals surface area contributed by atoms with E-state index in [0.717, 1.165) is 5.33 Å². The lowest BCUT2D eigenvalue weighted by Crippen LogP contribution is -2.51. The molecule has 0 aliphatic carbocycles. The van der Waals surface area contributed by atoms with Crippen LogP contribution in [0, 0.1) is 0 Å². The Morgan fingerprint density at radius 3 is 2.94 bits per heavy atom. The number of carbonyl (C=O) groups excluding carboxylic acids is 1. The van der Waals surface area contributed by atoms with Crippen LogP contribution in [0.1, 0.15) is 17.5 Å². The van der Waals surface area contributed by atoms with Crippen molar-refractivity contribution in [2.75, 3.05) is 18.5 Å². The van der Waals surface area contributed by atoms with E-state index in [-0.39, 0.29) is 18.1 Å². The van der Waals surface area contributed by atoms with Crippen LogP contribution in [0.4, 0.5) is 0 Å².